The van der Waals surface area contributed by atoms with Crippen LogP contribution in [0.25, 0.3) is 10.4 Å². The van der Waals surface area contributed by atoms with E-state index in [-0.39, 0.29) is 6.54 Å². The Morgan fingerprint density at radius 3 is 2.93 bits per heavy atom. The van der Waals surface area contributed by atoms with Crippen LogP contribution in [0.5, 0.6) is 0 Å². The summed E-state index contributed by atoms with van der Waals surface area (Å²) in [5.41, 5.74) is 8.64. The van der Waals surface area contributed by atoms with Crippen LogP contribution in [0, 0.1) is 0 Å². The molecule has 4 nitrogen and oxygen atoms in total. The normalized spacial score (nSPS) is 11.9. The number of aliphatic hydroxyl groups excluding tert-OH is 1. The third-order valence-electron chi connectivity index (χ3n) is 1.64. The summed E-state index contributed by atoms with van der Waals surface area (Å²) in [5.74, 6) is 0. The van der Waals surface area contributed by atoms with Crippen molar-refractivity contribution in [3.63, 3.8) is 0 Å². The van der Waals surface area contributed by atoms with Crippen molar-refractivity contribution in [1.82, 2.24) is 0 Å². The van der Waals surface area contributed by atoms with Crippen molar-refractivity contribution in [3.05, 3.63) is 43.7 Å². The molecule has 0 aliphatic heterocycles. The second kappa shape index (κ2) is 5.22. The Hall–Kier alpha value is -0.740. The maximum absolute atomic E-state index is 9.56. The van der Waals surface area contributed by atoms with Gasteiger partial charge in [-0.05, 0) is 23.2 Å². The van der Waals surface area contributed by atoms with Crippen LogP contribution in [0.2, 0.25) is 5.02 Å². The van der Waals surface area contributed by atoms with E-state index in [1.807, 2.05) is 0 Å². The smallest absolute Gasteiger partial charge is 0.0860 e. The first-order valence-electron chi connectivity index (χ1n) is 3.79. The SMILES string of the molecule is [N-]=[N+]=NC[C@@H](O)c1ccc(Br)cc1Cl. The van der Waals surface area contributed by atoms with E-state index in [2.05, 4.69) is 26.0 Å². The fraction of sp³-hybridized carbons (Fsp3) is 0.250. The van der Waals surface area contributed by atoms with Crippen LogP contribution in [0.15, 0.2) is 27.8 Å². The third kappa shape index (κ3) is 2.89. The van der Waals surface area contributed by atoms with Gasteiger partial charge >= 0.3 is 0 Å². The Bertz CT molecular complexity index is 379. The summed E-state index contributed by atoms with van der Waals surface area (Å²) in [6, 6.07) is 5.13. The van der Waals surface area contributed by atoms with E-state index in [0.717, 1.165) is 4.47 Å². The van der Waals surface area contributed by atoms with Gasteiger partial charge in [0.25, 0.3) is 0 Å². The highest BCUT2D eigenvalue weighted by Crippen LogP contribution is 2.26. The van der Waals surface area contributed by atoms with Crippen LogP contribution in [0.4, 0.5) is 0 Å². The zero-order valence-corrected chi connectivity index (χ0v) is 9.40. The maximum Gasteiger partial charge on any atom is 0.0860 e. The van der Waals surface area contributed by atoms with E-state index in [9.17, 15) is 5.11 Å². The summed E-state index contributed by atoms with van der Waals surface area (Å²) in [6.45, 7) is -0.0160. The number of halogens is 2. The largest absolute Gasteiger partial charge is 0.388 e. The summed E-state index contributed by atoms with van der Waals surface area (Å²) in [4.78, 5) is 2.56. The quantitative estimate of drug-likeness (QED) is 0.513. The van der Waals surface area contributed by atoms with Gasteiger partial charge in [0, 0.05) is 14.4 Å². The van der Waals surface area contributed by atoms with Gasteiger partial charge in [0.1, 0.15) is 0 Å². The molecule has 0 unspecified atom stereocenters. The number of rotatable bonds is 3. The van der Waals surface area contributed by atoms with Crippen LogP contribution in [-0.4, -0.2) is 11.7 Å². The van der Waals surface area contributed by atoms with Gasteiger partial charge in [-0.15, -0.1) is 0 Å². The number of azide groups is 1. The van der Waals surface area contributed by atoms with Gasteiger partial charge in [0.05, 0.1) is 12.6 Å². The Kier molecular flexibility index (Phi) is 4.22. The van der Waals surface area contributed by atoms with Gasteiger partial charge in [0.2, 0.25) is 0 Å². The lowest BCUT2D eigenvalue weighted by Crippen LogP contribution is -2.01. The monoisotopic (exact) mass is 275 g/mol. The predicted octanol–water partition coefficient (Wildman–Crippen LogP) is 3.45. The van der Waals surface area contributed by atoms with Crippen LogP contribution in [0.3, 0.4) is 0 Å². The van der Waals surface area contributed by atoms with Gasteiger partial charge in [-0.3, -0.25) is 0 Å². The molecule has 0 aliphatic rings. The van der Waals surface area contributed by atoms with Crippen LogP contribution in [-0.2, 0) is 0 Å². The lowest BCUT2D eigenvalue weighted by Gasteiger charge is -2.09. The van der Waals surface area contributed by atoms with Gasteiger partial charge in [-0.2, -0.15) is 0 Å². The minimum Gasteiger partial charge on any atom is -0.388 e. The molecule has 1 atom stereocenters. The Balaban J connectivity index is 2.89. The van der Waals surface area contributed by atoms with Crippen molar-refractivity contribution in [2.45, 2.75) is 6.10 Å². The molecule has 0 radical (unpaired) electrons. The third-order valence-corrected chi connectivity index (χ3v) is 2.46. The van der Waals surface area contributed by atoms with Crippen LogP contribution in [0.1, 0.15) is 11.7 Å². The lowest BCUT2D eigenvalue weighted by atomic mass is 10.1. The standard InChI is InChI=1S/C8H7BrClN3O/c9-5-1-2-6(7(10)3-5)8(14)4-12-13-11/h1-3,8,14H,4H2/t8-/m1/s1. The molecule has 74 valence electrons. The summed E-state index contributed by atoms with van der Waals surface area (Å²) in [6.07, 6.45) is -0.855. The van der Waals surface area contributed by atoms with E-state index in [1.165, 1.54) is 0 Å². The second-order valence-electron chi connectivity index (χ2n) is 2.60. The number of aliphatic hydroxyl groups is 1. The molecule has 0 amide bonds. The molecule has 0 bridgehead atoms. The van der Waals surface area contributed by atoms with E-state index in [4.69, 9.17) is 17.1 Å². The van der Waals surface area contributed by atoms with E-state index in [0.29, 0.717) is 10.6 Å². The number of hydrogen-bond acceptors (Lipinski definition) is 2. The van der Waals surface area contributed by atoms with Gasteiger partial charge in [-0.25, -0.2) is 0 Å². The lowest BCUT2D eigenvalue weighted by molar-refractivity contribution is 0.187. The minimum absolute atomic E-state index is 0.0160. The average molecular weight is 277 g/mol. The Morgan fingerprint density at radius 2 is 2.36 bits per heavy atom. The zero-order valence-electron chi connectivity index (χ0n) is 7.06. The molecular formula is C8H7BrClN3O. The van der Waals surface area contributed by atoms with Crippen molar-refractivity contribution in [1.29, 1.82) is 0 Å². The fourth-order valence-electron chi connectivity index (χ4n) is 0.984. The second-order valence-corrected chi connectivity index (χ2v) is 3.92. The Labute approximate surface area is 94.3 Å². The molecule has 6 heteroatoms. The van der Waals surface area contributed by atoms with E-state index >= 15 is 0 Å². The minimum atomic E-state index is -0.855. The number of benzene rings is 1. The summed E-state index contributed by atoms with van der Waals surface area (Å²) in [5, 5.41) is 13.3. The highest BCUT2D eigenvalue weighted by Gasteiger charge is 2.10. The molecule has 0 heterocycles. The van der Waals surface area contributed by atoms with Crippen LogP contribution < -0.4 is 0 Å². The fourth-order valence-corrected chi connectivity index (χ4v) is 1.78. The van der Waals surface area contributed by atoms with Crippen molar-refractivity contribution < 1.29 is 5.11 Å². The van der Waals surface area contributed by atoms with Gasteiger partial charge in [0.15, 0.2) is 0 Å². The first kappa shape index (κ1) is 11.3. The highest BCUT2D eigenvalue weighted by molar-refractivity contribution is 9.10. The molecular weight excluding hydrogens is 269 g/mol. The van der Waals surface area contributed by atoms with E-state index in [1.54, 1.807) is 18.2 Å². The zero-order chi connectivity index (χ0) is 10.6. The molecule has 1 rings (SSSR count). The molecule has 1 aromatic carbocycles. The molecule has 0 spiro atoms. The highest BCUT2D eigenvalue weighted by atomic mass is 79.9. The first-order valence-corrected chi connectivity index (χ1v) is 4.96. The molecule has 0 fully saturated rings. The molecule has 1 aromatic rings. The average Bonchev–Trinajstić information content (AvgIpc) is 2.14. The van der Waals surface area contributed by atoms with Crippen molar-refractivity contribution in [3.8, 4) is 0 Å². The topological polar surface area (TPSA) is 69.0 Å². The molecule has 0 saturated carbocycles. The van der Waals surface area contributed by atoms with Crippen molar-refractivity contribution in [2.75, 3.05) is 6.54 Å². The molecule has 0 aliphatic carbocycles. The summed E-state index contributed by atoms with van der Waals surface area (Å²) < 4.78 is 0.835. The predicted molar refractivity (Wildman–Crippen MR) is 58.1 cm³/mol. The van der Waals surface area contributed by atoms with Crippen molar-refractivity contribution in [2.24, 2.45) is 5.11 Å². The molecule has 0 aromatic heterocycles. The van der Waals surface area contributed by atoms with Gasteiger partial charge < -0.3 is 5.11 Å². The molecule has 14 heavy (non-hydrogen) atoms. The molecule has 0 saturated heterocycles. The molecule has 1 N–H and O–H groups in total. The summed E-state index contributed by atoms with van der Waals surface area (Å²) >= 11 is 9.13. The number of hydrogen-bond donors (Lipinski definition) is 1. The van der Waals surface area contributed by atoms with Gasteiger partial charge in [-0.1, -0.05) is 38.7 Å². The van der Waals surface area contributed by atoms with Crippen LogP contribution >= 0.6 is 27.5 Å². The van der Waals surface area contributed by atoms with E-state index < -0.39 is 6.10 Å². The maximum atomic E-state index is 9.56. The Morgan fingerprint density at radius 1 is 1.64 bits per heavy atom. The first-order chi connectivity index (χ1) is 6.65. The summed E-state index contributed by atoms with van der Waals surface area (Å²) in [7, 11) is 0. The number of nitrogens with zero attached hydrogens (tertiary/aromatic N) is 3. The van der Waals surface area contributed by atoms with Crippen molar-refractivity contribution >= 4 is 27.5 Å².